The van der Waals surface area contributed by atoms with Gasteiger partial charge in [0.25, 0.3) is 0 Å². The van der Waals surface area contributed by atoms with Crippen LogP contribution < -0.4 is 10.1 Å². The van der Waals surface area contributed by atoms with Gasteiger partial charge in [-0.05, 0) is 25.0 Å². The molecule has 0 aliphatic rings. The van der Waals surface area contributed by atoms with E-state index in [9.17, 15) is 4.39 Å². The first kappa shape index (κ1) is 15.5. The van der Waals surface area contributed by atoms with E-state index in [0.29, 0.717) is 11.6 Å². The van der Waals surface area contributed by atoms with Crippen LogP contribution in [0, 0.1) is 5.82 Å². The van der Waals surface area contributed by atoms with Gasteiger partial charge in [0.15, 0.2) is 0 Å². The molecule has 1 heterocycles. The molecule has 112 valence electrons. The lowest BCUT2D eigenvalue weighted by molar-refractivity contribution is 0.454. The number of hydrogen-bond acceptors (Lipinski definition) is 4. The number of nitrogens with zero attached hydrogens (tertiary/aromatic N) is 2. The average Bonchev–Trinajstić information content (AvgIpc) is 2.49. The summed E-state index contributed by atoms with van der Waals surface area (Å²) >= 11 is 5.75. The van der Waals surface area contributed by atoms with Gasteiger partial charge in [0.05, 0.1) is 10.6 Å². The van der Waals surface area contributed by atoms with Crippen LogP contribution in [0.3, 0.4) is 0 Å². The van der Waals surface area contributed by atoms with Crippen molar-refractivity contribution in [2.45, 2.75) is 26.7 Å². The zero-order chi connectivity index (χ0) is 15.2. The van der Waals surface area contributed by atoms with Crippen LogP contribution in [-0.4, -0.2) is 16.5 Å². The second kappa shape index (κ2) is 7.22. The monoisotopic (exact) mass is 309 g/mol. The fraction of sp³-hybridized carbons (Fsp3) is 0.333. The summed E-state index contributed by atoms with van der Waals surface area (Å²) in [6.45, 7) is 4.91. The third-order valence-electron chi connectivity index (χ3n) is 2.91. The highest BCUT2D eigenvalue weighted by Crippen LogP contribution is 2.29. The molecule has 1 aromatic heterocycles. The number of rotatable bonds is 6. The molecule has 0 spiro atoms. The summed E-state index contributed by atoms with van der Waals surface area (Å²) in [5.74, 6) is 1.18. The highest BCUT2D eigenvalue weighted by atomic mass is 35.5. The van der Waals surface area contributed by atoms with E-state index in [-0.39, 0.29) is 5.02 Å². The van der Waals surface area contributed by atoms with E-state index in [4.69, 9.17) is 16.3 Å². The lowest BCUT2D eigenvalue weighted by Gasteiger charge is -2.13. The van der Waals surface area contributed by atoms with Crippen LogP contribution in [0.1, 0.15) is 25.8 Å². The van der Waals surface area contributed by atoms with Crippen molar-refractivity contribution in [2.24, 2.45) is 0 Å². The van der Waals surface area contributed by atoms with Crippen molar-refractivity contribution in [1.82, 2.24) is 9.97 Å². The minimum Gasteiger partial charge on any atom is -0.438 e. The number of ether oxygens (including phenoxy) is 1. The molecule has 0 radical (unpaired) electrons. The fourth-order valence-electron chi connectivity index (χ4n) is 1.85. The van der Waals surface area contributed by atoms with Crippen LogP contribution in [0.5, 0.6) is 11.6 Å². The van der Waals surface area contributed by atoms with E-state index in [1.165, 1.54) is 24.5 Å². The summed E-state index contributed by atoms with van der Waals surface area (Å²) in [5, 5.41) is 3.26. The molecule has 0 saturated heterocycles. The van der Waals surface area contributed by atoms with E-state index in [1.807, 2.05) is 6.92 Å². The molecule has 6 heteroatoms. The van der Waals surface area contributed by atoms with Gasteiger partial charge in [-0.1, -0.05) is 25.4 Å². The molecule has 0 unspecified atom stereocenters. The Kier molecular flexibility index (Phi) is 5.33. The van der Waals surface area contributed by atoms with Crippen LogP contribution in [0.25, 0.3) is 0 Å². The molecule has 1 N–H and O–H groups in total. The summed E-state index contributed by atoms with van der Waals surface area (Å²) in [4.78, 5) is 8.39. The van der Waals surface area contributed by atoms with Gasteiger partial charge in [0.2, 0.25) is 5.88 Å². The quantitative estimate of drug-likeness (QED) is 0.856. The first-order valence-electron chi connectivity index (χ1n) is 6.86. The van der Waals surface area contributed by atoms with Crippen LogP contribution in [0.2, 0.25) is 5.02 Å². The predicted octanol–water partition coefficient (Wildman–Crippen LogP) is 4.45. The number of hydrogen-bond donors (Lipinski definition) is 1. The Morgan fingerprint density at radius 2 is 2.10 bits per heavy atom. The van der Waals surface area contributed by atoms with E-state index in [2.05, 4.69) is 22.2 Å². The Labute approximate surface area is 128 Å². The SMILES string of the molecule is CCCNc1ncnc(Oc2ccc(F)c(Cl)c2)c1CC. The molecule has 0 bridgehead atoms. The van der Waals surface area contributed by atoms with Gasteiger partial charge < -0.3 is 10.1 Å². The average molecular weight is 310 g/mol. The predicted molar refractivity (Wildman–Crippen MR) is 81.7 cm³/mol. The lowest BCUT2D eigenvalue weighted by Crippen LogP contribution is -2.07. The minimum absolute atomic E-state index is 0.0175. The normalized spacial score (nSPS) is 10.5. The van der Waals surface area contributed by atoms with Crippen molar-refractivity contribution in [3.05, 3.63) is 40.9 Å². The summed E-state index contributed by atoms with van der Waals surface area (Å²) in [6.07, 6.45) is 3.16. The number of nitrogens with one attached hydrogen (secondary N) is 1. The van der Waals surface area contributed by atoms with Gasteiger partial charge >= 0.3 is 0 Å². The molecule has 1 aromatic carbocycles. The first-order chi connectivity index (χ1) is 10.2. The molecule has 0 aliphatic carbocycles. The summed E-state index contributed by atoms with van der Waals surface area (Å²) in [7, 11) is 0. The van der Waals surface area contributed by atoms with E-state index >= 15 is 0 Å². The van der Waals surface area contributed by atoms with E-state index in [1.54, 1.807) is 0 Å². The zero-order valence-corrected chi connectivity index (χ0v) is 12.7. The van der Waals surface area contributed by atoms with Crippen molar-refractivity contribution < 1.29 is 9.13 Å². The number of aromatic nitrogens is 2. The highest BCUT2D eigenvalue weighted by molar-refractivity contribution is 6.30. The molecule has 0 atom stereocenters. The number of halogens is 2. The van der Waals surface area contributed by atoms with Gasteiger partial charge in [-0.3, -0.25) is 0 Å². The maximum atomic E-state index is 13.2. The van der Waals surface area contributed by atoms with Gasteiger partial charge in [0, 0.05) is 12.6 Å². The van der Waals surface area contributed by atoms with Crippen molar-refractivity contribution in [3.63, 3.8) is 0 Å². The van der Waals surface area contributed by atoms with Crippen molar-refractivity contribution in [2.75, 3.05) is 11.9 Å². The van der Waals surface area contributed by atoms with Gasteiger partial charge in [0.1, 0.15) is 23.7 Å². The zero-order valence-electron chi connectivity index (χ0n) is 12.0. The molecular weight excluding hydrogens is 293 g/mol. The third kappa shape index (κ3) is 3.82. The molecular formula is C15H17ClFN3O. The summed E-state index contributed by atoms with van der Waals surface area (Å²) in [5.41, 5.74) is 0.881. The van der Waals surface area contributed by atoms with Crippen molar-refractivity contribution in [3.8, 4) is 11.6 Å². The molecule has 0 saturated carbocycles. The van der Waals surface area contributed by atoms with Crippen molar-refractivity contribution in [1.29, 1.82) is 0 Å². The van der Waals surface area contributed by atoms with E-state index < -0.39 is 5.82 Å². The Morgan fingerprint density at radius 3 is 2.76 bits per heavy atom. The van der Waals surface area contributed by atoms with Gasteiger partial charge in [-0.15, -0.1) is 0 Å². The van der Waals surface area contributed by atoms with Gasteiger partial charge in [-0.2, -0.15) is 0 Å². The van der Waals surface area contributed by atoms with Crippen molar-refractivity contribution >= 4 is 17.4 Å². The Balaban J connectivity index is 2.28. The molecule has 2 rings (SSSR count). The van der Waals surface area contributed by atoms with Crippen LogP contribution in [0.15, 0.2) is 24.5 Å². The van der Waals surface area contributed by atoms with Crippen LogP contribution >= 0.6 is 11.6 Å². The standard InChI is InChI=1S/C15H17ClFN3O/c1-3-7-18-14-11(4-2)15(20-9-19-14)21-10-5-6-13(17)12(16)8-10/h5-6,8-9H,3-4,7H2,1-2H3,(H,18,19,20). The summed E-state index contributed by atoms with van der Waals surface area (Å²) in [6, 6.07) is 4.21. The maximum absolute atomic E-state index is 13.2. The van der Waals surface area contributed by atoms with Gasteiger partial charge in [-0.25, -0.2) is 14.4 Å². The lowest BCUT2D eigenvalue weighted by atomic mass is 10.2. The highest BCUT2D eigenvalue weighted by Gasteiger charge is 2.12. The largest absolute Gasteiger partial charge is 0.438 e. The molecule has 21 heavy (non-hydrogen) atoms. The second-order valence-corrected chi connectivity index (χ2v) is 4.87. The topological polar surface area (TPSA) is 47.0 Å². The minimum atomic E-state index is -0.479. The third-order valence-corrected chi connectivity index (χ3v) is 3.20. The second-order valence-electron chi connectivity index (χ2n) is 4.46. The molecule has 0 amide bonds. The fourth-order valence-corrected chi connectivity index (χ4v) is 2.02. The smallest absolute Gasteiger partial charge is 0.227 e. The Hall–Kier alpha value is -1.88. The Morgan fingerprint density at radius 1 is 1.29 bits per heavy atom. The maximum Gasteiger partial charge on any atom is 0.227 e. The van der Waals surface area contributed by atoms with E-state index in [0.717, 1.165) is 30.8 Å². The van der Waals surface area contributed by atoms with Crippen LogP contribution in [-0.2, 0) is 6.42 Å². The molecule has 4 nitrogen and oxygen atoms in total. The number of anilines is 1. The Bertz CT molecular complexity index is 622. The molecule has 0 aliphatic heterocycles. The molecule has 2 aromatic rings. The molecule has 0 fully saturated rings. The summed E-state index contributed by atoms with van der Waals surface area (Å²) < 4.78 is 18.9. The van der Waals surface area contributed by atoms with Crippen LogP contribution in [0.4, 0.5) is 10.2 Å². The first-order valence-corrected chi connectivity index (χ1v) is 7.24. The number of benzene rings is 1.